The molecule has 0 fully saturated rings. The second-order valence-electron chi connectivity index (χ2n) is 3.06. The van der Waals surface area contributed by atoms with E-state index in [4.69, 9.17) is 9.84 Å². The maximum absolute atomic E-state index is 13.4. The lowest BCUT2D eigenvalue weighted by molar-refractivity contribution is 0.107. The molecule has 4 nitrogen and oxygen atoms in total. The minimum absolute atomic E-state index is 0.373. The minimum atomic E-state index is -1.42. The van der Waals surface area contributed by atoms with Gasteiger partial charge >= 0.3 is 6.09 Å². The van der Waals surface area contributed by atoms with Crippen LogP contribution in [0, 0.1) is 11.6 Å². The average molecular weight is 231 g/mol. The third-order valence-electron chi connectivity index (χ3n) is 2.10. The standard InChI is InChI=1S/C10H11F2NO3/c1-6(16-2)13(10(14)15)8-5-3-4-7(11)9(8)12/h3-6H,1-2H3,(H,14,15). The number of halogens is 2. The first-order valence-electron chi connectivity index (χ1n) is 4.48. The Hall–Kier alpha value is -1.69. The van der Waals surface area contributed by atoms with Gasteiger partial charge in [0.05, 0.1) is 5.69 Å². The summed E-state index contributed by atoms with van der Waals surface area (Å²) in [5.74, 6) is -2.32. The van der Waals surface area contributed by atoms with Crippen LogP contribution in [0.25, 0.3) is 0 Å². The molecule has 0 saturated carbocycles. The van der Waals surface area contributed by atoms with Gasteiger partial charge in [-0.25, -0.2) is 18.5 Å². The van der Waals surface area contributed by atoms with Gasteiger partial charge in [-0.3, -0.25) is 0 Å². The molecule has 0 bridgehead atoms. The number of anilines is 1. The first kappa shape index (κ1) is 12.4. The summed E-state index contributed by atoms with van der Waals surface area (Å²) in [6.45, 7) is 1.42. The number of methoxy groups -OCH3 is 1. The average Bonchev–Trinajstić information content (AvgIpc) is 2.24. The summed E-state index contributed by atoms with van der Waals surface area (Å²) in [6.07, 6.45) is -2.33. The molecule has 0 heterocycles. The van der Waals surface area contributed by atoms with E-state index in [0.29, 0.717) is 4.90 Å². The fraction of sp³-hybridized carbons (Fsp3) is 0.300. The van der Waals surface area contributed by atoms with Crippen LogP contribution < -0.4 is 4.90 Å². The van der Waals surface area contributed by atoms with Gasteiger partial charge in [0.15, 0.2) is 11.6 Å². The van der Waals surface area contributed by atoms with Crippen LogP contribution in [0.5, 0.6) is 0 Å². The van der Waals surface area contributed by atoms with Gasteiger partial charge in [0, 0.05) is 7.11 Å². The lowest BCUT2D eigenvalue weighted by Gasteiger charge is -2.25. The molecule has 1 atom stereocenters. The zero-order chi connectivity index (χ0) is 12.3. The molecule has 1 unspecified atom stereocenters. The predicted octanol–water partition coefficient (Wildman–Crippen LogP) is 2.44. The van der Waals surface area contributed by atoms with E-state index in [1.165, 1.54) is 26.2 Å². The van der Waals surface area contributed by atoms with Crippen molar-refractivity contribution in [1.29, 1.82) is 0 Å². The normalized spacial score (nSPS) is 12.2. The van der Waals surface area contributed by atoms with Crippen LogP contribution in [0.1, 0.15) is 6.92 Å². The summed E-state index contributed by atoms with van der Waals surface area (Å²) in [5, 5.41) is 8.90. The fourth-order valence-electron chi connectivity index (χ4n) is 1.24. The summed E-state index contributed by atoms with van der Waals surface area (Å²) >= 11 is 0. The molecule has 1 amide bonds. The summed E-state index contributed by atoms with van der Waals surface area (Å²) in [5.41, 5.74) is -0.373. The quantitative estimate of drug-likeness (QED) is 0.813. The Morgan fingerprint density at radius 2 is 2.12 bits per heavy atom. The Kier molecular flexibility index (Phi) is 3.78. The molecule has 88 valence electrons. The van der Waals surface area contributed by atoms with Crippen LogP contribution in [0.3, 0.4) is 0 Å². The third kappa shape index (κ3) is 2.27. The number of rotatable bonds is 3. The Bertz CT molecular complexity index is 398. The summed E-state index contributed by atoms with van der Waals surface area (Å²) in [7, 11) is 1.28. The van der Waals surface area contributed by atoms with Gasteiger partial charge < -0.3 is 9.84 Å². The van der Waals surface area contributed by atoms with E-state index in [1.807, 2.05) is 0 Å². The van der Waals surface area contributed by atoms with Crippen LogP contribution in [0.2, 0.25) is 0 Å². The number of ether oxygens (including phenoxy) is 1. The molecule has 0 aromatic heterocycles. The SMILES string of the molecule is COC(C)N(C(=O)O)c1cccc(F)c1F. The molecule has 1 aromatic carbocycles. The number of carboxylic acid groups (broad SMARTS) is 1. The highest BCUT2D eigenvalue weighted by Crippen LogP contribution is 2.23. The van der Waals surface area contributed by atoms with E-state index in [9.17, 15) is 13.6 Å². The number of benzene rings is 1. The maximum atomic E-state index is 13.4. The highest BCUT2D eigenvalue weighted by atomic mass is 19.2. The van der Waals surface area contributed by atoms with Crippen molar-refractivity contribution in [3.8, 4) is 0 Å². The molecule has 1 N–H and O–H groups in total. The van der Waals surface area contributed by atoms with Crippen LogP contribution in [-0.2, 0) is 4.74 Å². The molecule has 6 heteroatoms. The van der Waals surface area contributed by atoms with Gasteiger partial charge in [-0.1, -0.05) is 6.07 Å². The number of hydrogen-bond donors (Lipinski definition) is 1. The molecule has 0 radical (unpaired) electrons. The van der Waals surface area contributed by atoms with Crippen LogP contribution >= 0.6 is 0 Å². The third-order valence-corrected chi connectivity index (χ3v) is 2.10. The van der Waals surface area contributed by atoms with E-state index in [2.05, 4.69) is 0 Å². The van der Waals surface area contributed by atoms with Crippen molar-refractivity contribution in [2.24, 2.45) is 0 Å². The number of amides is 1. The van der Waals surface area contributed by atoms with Gasteiger partial charge in [-0.15, -0.1) is 0 Å². The van der Waals surface area contributed by atoms with Crippen molar-refractivity contribution >= 4 is 11.8 Å². The molecule has 0 saturated heterocycles. The molecule has 1 rings (SSSR count). The lowest BCUT2D eigenvalue weighted by atomic mass is 10.2. The highest BCUT2D eigenvalue weighted by Gasteiger charge is 2.25. The number of hydrogen-bond acceptors (Lipinski definition) is 2. The molecule has 16 heavy (non-hydrogen) atoms. The molecule has 0 spiro atoms. The van der Waals surface area contributed by atoms with Crippen molar-refractivity contribution in [2.45, 2.75) is 13.2 Å². The Balaban J connectivity index is 3.21. The van der Waals surface area contributed by atoms with Crippen molar-refractivity contribution in [3.05, 3.63) is 29.8 Å². The van der Waals surface area contributed by atoms with E-state index in [-0.39, 0.29) is 5.69 Å². The van der Waals surface area contributed by atoms with Gasteiger partial charge in [0.1, 0.15) is 6.23 Å². The Labute approximate surface area is 91.1 Å². The van der Waals surface area contributed by atoms with Gasteiger partial charge in [-0.05, 0) is 19.1 Å². The molecular weight excluding hydrogens is 220 g/mol. The summed E-state index contributed by atoms with van der Waals surface area (Å²) < 4.78 is 31.1. The molecule has 0 aliphatic heterocycles. The summed E-state index contributed by atoms with van der Waals surface area (Å²) in [4.78, 5) is 11.5. The second-order valence-corrected chi connectivity index (χ2v) is 3.06. The van der Waals surface area contributed by atoms with E-state index < -0.39 is 24.0 Å². The van der Waals surface area contributed by atoms with Gasteiger partial charge in [0.25, 0.3) is 0 Å². The maximum Gasteiger partial charge on any atom is 0.414 e. The Morgan fingerprint density at radius 3 is 2.62 bits per heavy atom. The molecule has 0 aliphatic rings. The van der Waals surface area contributed by atoms with Crippen molar-refractivity contribution in [1.82, 2.24) is 0 Å². The van der Waals surface area contributed by atoms with Gasteiger partial charge in [-0.2, -0.15) is 0 Å². The monoisotopic (exact) mass is 231 g/mol. The van der Waals surface area contributed by atoms with Crippen LogP contribution in [0.15, 0.2) is 18.2 Å². The zero-order valence-corrected chi connectivity index (χ0v) is 8.78. The number of carbonyl (C=O) groups is 1. The molecule has 1 aromatic rings. The minimum Gasteiger partial charge on any atom is -0.465 e. The number of nitrogens with zero attached hydrogens (tertiary/aromatic N) is 1. The predicted molar refractivity (Wildman–Crippen MR) is 53.3 cm³/mol. The van der Waals surface area contributed by atoms with E-state index in [0.717, 1.165) is 6.07 Å². The van der Waals surface area contributed by atoms with Crippen LogP contribution in [-0.4, -0.2) is 24.5 Å². The zero-order valence-electron chi connectivity index (χ0n) is 8.78. The van der Waals surface area contributed by atoms with E-state index in [1.54, 1.807) is 0 Å². The largest absolute Gasteiger partial charge is 0.465 e. The second kappa shape index (κ2) is 4.89. The topological polar surface area (TPSA) is 49.8 Å². The molecular formula is C10H11F2NO3. The fourth-order valence-corrected chi connectivity index (χ4v) is 1.24. The summed E-state index contributed by atoms with van der Waals surface area (Å²) in [6, 6.07) is 3.31. The first-order valence-corrected chi connectivity index (χ1v) is 4.48. The lowest BCUT2D eigenvalue weighted by Crippen LogP contribution is -2.39. The first-order chi connectivity index (χ1) is 7.49. The molecule has 0 aliphatic carbocycles. The smallest absolute Gasteiger partial charge is 0.414 e. The van der Waals surface area contributed by atoms with Crippen molar-refractivity contribution in [3.63, 3.8) is 0 Å². The van der Waals surface area contributed by atoms with Crippen molar-refractivity contribution in [2.75, 3.05) is 12.0 Å². The van der Waals surface area contributed by atoms with Gasteiger partial charge in [0.2, 0.25) is 0 Å². The Morgan fingerprint density at radius 1 is 1.50 bits per heavy atom. The van der Waals surface area contributed by atoms with E-state index >= 15 is 0 Å². The van der Waals surface area contributed by atoms with Crippen molar-refractivity contribution < 1.29 is 23.4 Å². The highest BCUT2D eigenvalue weighted by molar-refractivity contribution is 5.86. The van der Waals surface area contributed by atoms with Crippen LogP contribution in [0.4, 0.5) is 19.3 Å².